The Balaban J connectivity index is 2.80. The highest BCUT2D eigenvalue weighted by Gasteiger charge is 2.48. The molecule has 0 amide bonds. The van der Waals surface area contributed by atoms with Crippen LogP contribution in [0.25, 0.3) is 0 Å². The van der Waals surface area contributed by atoms with Crippen molar-refractivity contribution in [1.82, 2.24) is 0 Å². The molecule has 2 atom stereocenters. The van der Waals surface area contributed by atoms with E-state index in [1.54, 1.807) is 18.2 Å². The van der Waals surface area contributed by atoms with Crippen LogP contribution in [0.15, 0.2) is 24.3 Å². The topological polar surface area (TPSA) is 52.6 Å². The Labute approximate surface area is 131 Å². The number of ether oxygens (including phenoxy) is 2. The highest BCUT2D eigenvalue weighted by atomic mass is 35.5. The third-order valence-electron chi connectivity index (χ3n) is 2.88. The van der Waals surface area contributed by atoms with E-state index < -0.39 is 22.7 Å². The third-order valence-corrected chi connectivity index (χ3v) is 3.39. The molecule has 0 saturated heterocycles. The summed E-state index contributed by atoms with van der Waals surface area (Å²) in [5, 5.41) is 0. The minimum Gasteiger partial charge on any atom is -0.465 e. The second-order valence-corrected chi connectivity index (χ2v) is 6.63. The first-order valence-corrected chi connectivity index (χ1v) is 7.54. The van der Waals surface area contributed by atoms with Gasteiger partial charge < -0.3 is 9.47 Å². The van der Waals surface area contributed by atoms with Gasteiger partial charge in [-0.15, -0.1) is 11.6 Å². The predicted molar refractivity (Wildman–Crippen MR) is 81.9 cm³/mol. The zero-order chi connectivity index (χ0) is 16.0. The number of carbonyl (C=O) groups excluding carboxylic acids is 2. The zero-order valence-corrected chi connectivity index (χ0v) is 13.7. The molecule has 1 aliphatic rings. The van der Waals surface area contributed by atoms with Gasteiger partial charge in [0.1, 0.15) is 5.92 Å². The molecule has 0 fully saturated rings. The molecule has 0 radical (unpaired) electrons. The number of rotatable bonds is 6. The van der Waals surface area contributed by atoms with Gasteiger partial charge in [-0.25, -0.2) is 4.79 Å². The van der Waals surface area contributed by atoms with Gasteiger partial charge in [0, 0.05) is 0 Å². The summed E-state index contributed by atoms with van der Waals surface area (Å²) >= 11 is 6.37. The van der Waals surface area contributed by atoms with Crippen molar-refractivity contribution in [3.63, 3.8) is 0 Å². The molecule has 0 aromatic carbocycles. The average molecular weight is 315 g/mol. The van der Waals surface area contributed by atoms with E-state index in [0.717, 1.165) is 0 Å². The van der Waals surface area contributed by atoms with Crippen molar-refractivity contribution in [3.05, 3.63) is 24.3 Å². The molecule has 0 heterocycles. The van der Waals surface area contributed by atoms with Crippen LogP contribution in [-0.4, -0.2) is 30.0 Å². The normalized spacial score (nSPS) is 24.4. The van der Waals surface area contributed by atoms with Crippen molar-refractivity contribution >= 4 is 23.5 Å². The van der Waals surface area contributed by atoms with Gasteiger partial charge in [-0.05, 0) is 11.8 Å². The minimum atomic E-state index is -1.53. The van der Waals surface area contributed by atoms with Gasteiger partial charge >= 0.3 is 11.9 Å². The molecule has 4 nitrogen and oxygen atoms in total. The molecule has 118 valence electrons. The molecule has 1 aliphatic carbocycles. The second-order valence-electron chi connectivity index (χ2n) is 6.01. The van der Waals surface area contributed by atoms with Gasteiger partial charge in [0.15, 0.2) is 4.87 Å². The smallest absolute Gasteiger partial charge is 0.332 e. The Morgan fingerprint density at radius 3 is 2.24 bits per heavy atom. The Bertz CT molecular complexity index is 440. The minimum absolute atomic E-state index is 0.198. The van der Waals surface area contributed by atoms with Crippen LogP contribution in [0.4, 0.5) is 0 Å². The molecule has 1 rings (SSSR count). The highest BCUT2D eigenvalue weighted by molar-refractivity contribution is 6.37. The van der Waals surface area contributed by atoms with E-state index in [9.17, 15) is 9.59 Å². The van der Waals surface area contributed by atoms with Gasteiger partial charge in [0.2, 0.25) is 0 Å². The van der Waals surface area contributed by atoms with E-state index in [-0.39, 0.29) is 18.4 Å². The lowest BCUT2D eigenvalue weighted by atomic mass is 9.87. The maximum Gasteiger partial charge on any atom is 0.332 e. The number of alkyl halides is 1. The van der Waals surface area contributed by atoms with Crippen molar-refractivity contribution in [2.45, 2.75) is 32.6 Å². The predicted octanol–water partition coefficient (Wildman–Crippen LogP) is 3.10. The van der Waals surface area contributed by atoms with Gasteiger partial charge in [-0.3, -0.25) is 4.79 Å². The maximum atomic E-state index is 12.2. The van der Waals surface area contributed by atoms with Gasteiger partial charge in [0.05, 0.1) is 13.2 Å². The van der Waals surface area contributed by atoms with Crippen LogP contribution in [0, 0.1) is 17.8 Å². The van der Waals surface area contributed by atoms with E-state index in [0.29, 0.717) is 6.61 Å². The fourth-order valence-corrected chi connectivity index (χ4v) is 2.04. The molecular weight excluding hydrogens is 292 g/mol. The molecule has 0 spiro atoms. The van der Waals surface area contributed by atoms with Crippen LogP contribution < -0.4 is 0 Å². The van der Waals surface area contributed by atoms with Crippen molar-refractivity contribution in [2.75, 3.05) is 13.2 Å². The fourth-order valence-electron chi connectivity index (χ4n) is 1.75. The fraction of sp³-hybridized carbons (Fsp3) is 0.625. The van der Waals surface area contributed by atoms with Crippen molar-refractivity contribution < 1.29 is 19.1 Å². The van der Waals surface area contributed by atoms with Crippen LogP contribution in [0.3, 0.4) is 0 Å². The van der Waals surface area contributed by atoms with E-state index in [1.807, 2.05) is 27.7 Å². The van der Waals surface area contributed by atoms with Crippen LogP contribution in [0.2, 0.25) is 0 Å². The first kappa shape index (κ1) is 17.8. The summed E-state index contributed by atoms with van der Waals surface area (Å²) in [5.74, 6) is -1.59. The quantitative estimate of drug-likeness (QED) is 0.558. The first-order valence-electron chi connectivity index (χ1n) is 7.16. The molecule has 0 aliphatic heterocycles. The van der Waals surface area contributed by atoms with E-state index >= 15 is 0 Å². The number of allylic oxidation sites excluding steroid dienone is 2. The lowest BCUT2D eigenvalue weighted by Crippen LogP contribution is -2.45. The van der Waals surface area contributed by atoms with Crippen LogP contribution in [0.5, 0.6) is 0 Å². The van der Waals surface area contributed by atoms with E-state index in [2.05, 4.69) is 0 Å². The molecule has 0 aromatic rings. The lowest BCUT2D eigenvalue weighted by molar-refractivity contribution is -0.156. The van der Waals surface area contributed by atoms with Crippen molar-refractivity contribution in [2.24, 2.45) is 17.8 Å². The summed E-state index contributed by atoms with van der Waals surface area (Å²) in [6, 6.07) is 0. The summed E-state index contributed by atoms with van der Waals surface area (Å²) in [7, 11) is 0. The largest absolute Gasteiger partial charge is 0.465 e. The standard InChI is InChI=1S/C16H23ClO4/c1-11(2)9-20-14(18)13-7-5-6-8-16(13,17)15(19)21-10-12(3)4/h5-8,11-13H,9-10H2,1-4H3. The first-order chi connectivity index (χ1) is 9.77. The summed E-state index contributed by atoms with van der Waals surface area (Å²) in [4.78, 5) is 22.9. The summed E-state index contributed by atoms with van der Waals surface area (Å²) < 4.78 is 10.4. The molecule has 5 heteroatoms. The Hall–Kier alpha value is -1.29. The van der Waals surface area contributed by atoms with Crippen molar-refractivity contribution in [1.29, 1.82) is 0 Å². The monoisotopic (exact) mass is 314 g/mol. The van der Waals surface area contributed by atoms with Crippen LogP contribution >= 0.6 is 11.6 Å². The molecule has 0 saturated carbocycles. The zero-order valence-electron chi connectivity index (χ0n) is 13.0. The Morgan fingerprint density at radius 2 is 1.67 bits per heavy atom. The molecule has 0 bridgehead atoms. The van der Waals surface area contributed by atoms with Crippen LogP contribution in [0.1, 0.15) is 27.7 Å². The molecule has 0 aromatic heterocycles. The number of hydrogen-bond acceptors (Lipinski definition) is 4. The highest BCUT2D eigenvalue weighted by Crippen LogP contribution is 2.34. The second kappa shape index (κ2) is 7.64. The Morgan fingerprint density at radius 1 is 1.10 bits per heavy atom. The van der Waals surface area contributed by atoms with E-state index in [1.165, 1.54) is 6.08 Å². The number of halogens is 1. The van der Waals surface area contributed by atoms with Crippen molar-refractivity contribution in [3.8, 4) is 0 Å². The van der Waals surface area contributed by atoms with Gasteiger partial charge in [-0.1, -0.05) is 52.0 Å². The molecule has 21 heavy (non-hydrogen) atoms. The number of carbonyl (C=O) groups is 2. The van der Waals surface area contributed by atoms with Crippen LogP contribution in [-0.2, 0) is 19.1 Å². The molecule has 2 unspecified atom stereocenters. The maximum absolute atomic E-state index is 12.2. The molecular formula is C16H23ClO4. The Kier molecular flexibility index (Phi) is 6.46. The van der Waals surface area contributed by atoms with Gasteiger partial charge in [-0.2, -0.15) is 0 Å². The third kappa shape index (κ3) is 4.88. The molecule has 0 N–H and O–H groups in total. The summed E-state index contributed by atoms with van der Waals surface area (Å²) in [5.41, 5.74) is 0. The summed E-state index contributed by atoms with van der Waals surface area (Å²) in [6.07, 6.45) is 6.37. The average Bonchev–Trinajstić information content (AvgIpc) is 2.42. The lowest BCUT2D eigenvalue weighted by Gasteiger charge is -2.29. The van der Waals surface area contributed by atoms with Gasteiger partial charge in [0.25, 0.3) is 0 Å². The van der Waals surface area contributed by atoms with E-state index in [4.69, 9.17) is 21.1 Å². The summed E-state index contributed by atoms with van der Waals surface area (Å²) in [6.45, 7) is 8.29. The number of hydrogen-bond donors (Lipinski definition) is 0. The SMILES string of the molecule is CC(C)COC(=O)C1C=CC=CC1(Cl)C(=O)OCC(C)C. The number of esters is 2.